The molecule has 1 aromatic heterocycles. The average Bonchev–Trinajstić information content (AvgIpc) is 3.31. The molecule has 0 unspecified atom stereocenters. The zero-order valence-electron chi connectivity index (χ0n) is 20.8. The summed E-state index contributed by atoms with van der Waals surface area (Å²) in [7, 11) is 0. The summed E-state index contributed by atoms with van der Waals surface area (Å²) < 4.78 is 7.57. The zero-order chi connectivity index (χ0) is 24.8. The molecule has 1 aliphatic heterocycles. The van der Waals surface area contributed by atoms with Crippen molar-refractivity contribution >= 4 is 34.1 Å². The van der Waals surface area contributed by atoms with E-state index < -0.39 is 0 Å². The third-order valence-electron chi connectivity index (χ3n) is 6.58. The molecule has 4 rings (SSSR count). The molecule has 8 heteroatoms. The van der Waals surface area contributed by atoms with Crippen LogP contribution in [0.15, 0.2) is 36.5 Å². The number of ether oxygens (including phenoxy) is 1. The number of nitrogens with one attached hydrogen (secondary N) is 3. The van der Waals surface area contributed by atoms with Gasteiger partial charge in [0.1, 0.15) is 0 Å². The molecule has 8 nitrogen and oxygen atoms in total. The molecule has 0 saturated carbocycles. The standard InChI is InChI=1S/C27H35N5O3/c1-4-18-15-24-23(17-29-32(24)6-3)26(31-21-11-13-35-14-12-21)22(18)16-28-27(34)19-7-9-20(10-8-19)30-25(33)5-2/h7-10,15,17,21,31H,4-6,11-14,16H2,1-3H3,(H,28,34)(H,30,33). The monoisotopic (exact) mass is 477 g/mol. The van der Waals surface area contributed by atoms with Gasteiger partial charge in [-0.2, -0.15) is 5.10 Å². The summed E-state index contributed by atoms with van der Waals surface area (Å²) in [5.74, 6) is -0.206. The predicted octanol–water partition coefficient (Wildman–Crippen LogP) is 4.49. The molecule has 1 saturated heterocycles. The van der Waals surface area contributed by atoms with Gasteiger partial charge in [-0.25, -0.2) is 0 Å². The summed E-state index contributed by atoms with van der Waals surface area (Å²) in [6.45, 7) is 8.75. The number of fused-ring (bicyclic) bond motifs is 1. The highest BCUT2D eigenvalue weighted by molar-refractivity contribution is 5.97. The first-order chi connectivity index (χ1) is 17.0. The van der Waals surface area contributed by atoms with Crippen molar-refractivity contribution in [3.05, 3.63) is 53.2 Å². The molecule has 186 valence electrons. The maximum absolute atomic E-state index is 13.0. The third-order valence-corrected chi connectivity index (χ3v) is 6.58. The van der Waals surface area contributed by atoms with Gasteiger partial charge in [-0.1, -0.05) is 13.8 Å². The molecule has 2 heterocycles. The molecule has 1 aliphatic rings. The largest absolute Gasteiger partial charge is 0.381 e. The van der Waals surface area contributed by atoms with Crippen LogP contribution in [0.4, 0.5) is 11.4 Å². The number of aromatic nitrogens is 2. The third kappa shape index (κ3) is 5.65. The molecule has 3 N–H and O–H groups in total. The van der Waals surface area contributed by atoms with E-state index in [1.54, 1.807) is 31.2 Å². The number of amides is 2. The number of rotatable bonds is 9. The van der Waals surface area contributed by atoms with E-state index in [1.165, 1.54) is 5.56 Å². The summed E-state index contributed by atoms with van der Waals surface area (Å²) in [5.41, 5.74) is 5.70. The Balaban J connectivity index is 1.59. The summed E-state index contributed by atoms with van der Waals surface area (Å²) in [6.07, 6.45) is 5.09. The van der Waals surface area contributed by atoms with Gasteiger partial charge in [0.15, 0.2) is 0 Å². The highest BCUT2D eigenvalue weighted by Crippen LogP contribution is 2.33. The molecule has 2 aromatic carbocycles. The van der Waals surface area contributed by atoms with Gasteiger partial charge in [0.2, 0.25) is 5.91 Å². The number of carbonyl (C=O) groups is 2. The van der Waals surface area contributed by atoms with E-state index in [9.17, 15) is 9.59 Å². The number of benzene rings is 2. The van der Waals surface area contributed by atoms with Gasteiger partial charge in [0.05, 0.1) is 17.4 Å². The quantitative estimate of drug-likeness (QED) is 0.422. The van der Waals surface area contributed by atoms with Crippen molar-refractivity contribution in [3.63, 3.8) is 0 Å². The highest BCUT2D eigenvalue weighted by Gasteiger charge is 2.21. The summed E-state index contributed by atoms with van der Waals surface area (Å²) >= 11 is 0. The lowest BCUT2D eigenvalue weighted by atomic mass is 9.98. The van der Waals surface area contributed by atoms with Crippen LogP contribution in [0.5, 0.6) is 0 Å². The summed E-state index contributed by atoms with van der Waals surface area (Å²) in [6, 6.07) is 9.50. The highest BCUT2D eigenvalue weighted by atomic mass is 16.5. The molecule has 0 spiro atoms. The van der Waals surface area contributed by atoms with Crippen LogP contribution in [0.3, 0.4) is 0 Å². The Morgan fingerprint density at radius 3 is 2.51 bits per heavy atom. The molecule has 0 radical (unpaired) electrons. The summed E-state index contributed by atoms with van der Waals surface area (Å²) in [4.78, 5) is 24.6. The average molecular weight is 478 g/mol. The van der Waals surface area contributed by atoms with Crippen LogP contribution in [0, 0.1) is 0 Å². The molecule has 0 atom stereocenters. The van der Waals surface area contributed by atoms with Gasteiger partial charge in [0, 0.05) is 55.4 Å². The first-order valence-electron chi connectivity index (χ1n) is 12.6. The second-order valence-electron chi connectivity index (χ2n) is 8.83. The van der Waals surface area contributed by atoms with Crippen LogP contribution in [-0.4, -0.2) is 40.9 Å². The molecule has 3 aromatic rings. The Kier molecular flexibility index (Phi) is 8.02. The molecule has 35 heavy (non-hydrogen) atoms. The lowest BCUT2D eigenvalue weighted by molar-refractivity contribution is -0.115. The predicted molar refractivity (Wildman–Crippen MR) is 139 cm³/mol. The number of anilines is 2. The van der Waals surface area contributed by atoms with Crippen LogP contribution >= 0.6 is 0 Å². The Bertz CT molecular complexity index is 1180. The van der Waals surface area contributed by atoms with Crippen molar-refractivity contribution in [1.29, 1.82) is 0 Å². The maximum atomic E-state index is 13.0. The number of nitrogens with zero attached hydrogens (tertiary/aromatic N) is 2. The fourth-order valence-corrected chi connectivity index (χ4v) is 4.52. The van der Waals surface area contributed by atoms with Crippen LogP contribution in [0.25, 0.3) is 10.9 Å². The fraction of sp³-hybridized carbons (Fsp3) is 0.444. The van der Waals surface area contributed by atoms with Crippen LogP contribution in [0.1, 0.15) is 61.5 Å². The minimum atomic E-state index is -0.151. The summed E-state index contributed by atoms with van der Waals surface area (Å²) in [5, 5.41) is 15.4. The molecule has 0 bridgehead atoms. The molecule has 1 fully saturated rings. The van der Waals surface area contributed by atoms with E-state index >= 15 is 0 Å². The van der Waals surface area contributed by atoms with E-state index in [0.717, 1.165) is 61.2 Å². The van der Waals surface area contributed by atoms with E-state index in [0.29, 0.717) is 30.3 Å². The first-order valence-corrected chi connectivity index (χ1v) is 12.6. The van der Waals surface area contributed by atoms with Crippen LogP contribution in [0.2, 0.25) is 0 Å². The second kappa shape index (κ2) is 11.4. The van der Waals surface area contributed by atoms with Crippen molar-refractivity contribution in [2.75, 3.05) is 23.8 Å². The molecular formula is C27H35N5O3. The van der Waals surface area contributed by atoms with E-state index in [1.807, 2.05) is 10.9 Å². The number of carbonyl (C=O) groups excluding carboxylic acids is 2. The fourth-order valence-electron chi connectivity index (χ4n) is 4.52. The van der Waals surface area contributed by atoms with Gasteiger partial charge in [-0.3, -0.25) is 14.3 Å². The number of hydrogen-bond acceptors (Lipinski definition) is 5. The SMILES string of the molecule is CCC(=O)Nc1ccc(C(=O)NCc2c(CC)cc3c(cnn3CC)c2NC2CCOCC2)cc1. The molecular weight excluding hydrogens is 442 g/mol. The minimum absolute atomic E-state index is 0.0550. The topological polar surface area (TPSA) is 97.3 Å². The number of hydrogen-bond donors (Lipinski definition) is 3. The Morgan fingerprint density at radius 1 is 1.11 bits per heavy atom. The van der Waals surface area contributed by atoms with Crippen LogP contribution in [-0.2, 0) is 29.0 Å². The van der Waals surface area contributed by atoms with E-state index in [2.05, 4.69) is 41.0 Å². The van der Waals surface area contributed by atoms with Gasteiger partial charge in [0.25, 0.3) is 5.91 Å². The first kappa shape index (κ1) is 24.7. The second-order valence-corrected chi connectivity index (χ2v) is 8.83. The normalized spacial score (nSPS) is 14.1. The lowest BCUT2D eigenvalue weighted by Crippen LogP contribution is -2.29. The maximum Gasteiger partial charge on any atom is 0.251 e. The van der Waals surface area contributed by atoms with Gasteiger partial charge in [-0.05, 0) is 67.6 Å². The Labute approximate surface area is 206 Å². The zero-order valence-corrected chi connectivity index (χ0v) is 20.8. The van der Waals surface area contributed by atoms with E-state index in [4.69, 9.17) is 4.74 Å². The molecule has 2 amide bonds. The minimum Gasteiger partial charge on any atom is -0.381 e. The Hall–Kier alpha value is -3.39. The van der Waals surface area contributed by atoms with Crippen molar-refractivity contribution in [2.45, 2.75) is 65.6 Å². The lowest BCUT2D eigenvalue weighted by Gasteiger charge is -2.27. The van der Waals surface area contributed by atoms with Gasteiger partial charge >= 0.3 is 0 Å². The van der Waals surface area contributed by atoms with Crippen molar-refractivity contribution in [2.24, 2.45) is 0 Å². The van der Waals surface area contributed by atoms with Gasteiger partial charge < -0.3 is 20.7 Å². The number of aryl methyl sites for hydroxylation is 2. The van der Waals surface area contributed by atoms with Crippen molar-refractivity contribution in [3.8, 4) is 0 Å². The van der Waals surface area contributed by atoms with E-state index in [-0.39, 0.29) is 11.8 Å². The Morgan fingerprint density at radius 2 is 1.86 bits per heavy atom. The smallest absolute Gasteiger partial charge is 0.251 e. The van der Waals surface area contributed by atoms with Gasteiger partial charge in [-0.15, -0.1) is 0 Å². The van der Waals surface area contributed by atoms with Crippen molar-refractivity contribution in [1.82, 2.24) is 15.1 Å². The van der Waals surface area contributed by atoms with Crippen LogP contribution < -0.4 is 16.0 Å². The van der Waals surface area contributed by atoms with Crippen molar-refractivity contribution < 1.29 is 14.3 Å². The molecule has 0 aliphatic carbocycles.